The van der Waals surface area contributed by atoms with Crippen molar-refractivity contribution >= 4 is 53.6 Å². The monoisotopic (exact) mass is 390 g/mol. The number of halogens is 1. The summed E-state index contributed by atoms with van der Waals surface area (Å²) in [7, 11) is -6.04. The normalized spacial score (nSPS) is 39.1. The molecule has 3 fully saturated rings. The Hall–Kier alpha value is 0.200. The molecule has 0 radical (unpaired) electrons. The van der Waals surface area contributed by atoms with Crippen LogP contribution in [0, 0.1) is 5.41 Å². The Morgan fingerprint density at radius 2 is 1.79 bits per heavy atom. The molecule has 3 atom stereocenters. The standard InChI is InChI=1S/C9H14N2O4S3.BrH/c10-9-11(6-1-2-17(12,13)3-6)7-4-18(14,15)5-8(7)16-9;/h6-8,10H,1-5H2;1H. The lowest BCUT2D eigenvalue weighted by molar-refractivity contribution is 0.286. The van der Waals surface area contributed by atoms with Gasteiger partial charge in [-0.2, -0.15) is 0 Å². The third-order valence-electron chi connectivity index (χ3n) is 3.73. The van der Waals surface area contributed by atoms with Crippen LogP contribution in [0.5, 0.6) is 0 Å². The van der Waals surface area contributed by atoms with Gasteiger partial charge in [0, 0.05) is 11.3 Å². The largest absolute Gasteiger partial charge is 0.342 e. The van der Waals surface area contributed by atoms with Gasteiger partial charge in [-0.05, 0) is 6.42 Å². The van der Waals surface area contributed by atoms with Gasteiger partial charge < -0.3 is 4.90 Å². The van der Waals surface area contributed by atoms with Gasteiger partial charge in [-0.25, -0.2) is 16.8 Å². The number of sulfone groups is 2. The molecule has 3 aliphatic heterocycles. The number of hydrogen-bond donors (Lipinski definition) is 1. The summed E-state index contributed by atoms with van der Waals surface area (Å²) in [5.41, 5.74) is 0. The Balaban J connectivity index is 0.00000133. The number of thioether (sulfide) groups is 1. The van der Waals surface area contributed by atoms with E-state index in [4.69, 9.17) is 5.41 Å². The summed E-state index contributed by atoms with van der Waals surface area (Å²) >= 11 is 1.27. The second-order valence-corrected chi connectivity index (χ2v) is 10.7. The maximum atomic E-state index is 11.6. The molecule has 0 saturated carbocycles. The van der Waals surface area contributed by atoms with Crippen molar-refractivity contribution in [2.75, 3.05) is 23.0 Å². The summed E-state index contributed by atoms with van der Waals surface area (Å²) < 4.78 is 46.2. The topological polar surface area (TPSA) is 95.4 Å². The van der Waals surface area contributed by atoms with E-state index in [0.717, 1.165) is 0 Å². The second kappa shape index (κ2) is 4.88. The van der Waals surface area contributed by atoms with E-state index in [-0.39, 0.29) is 57.3 Å². The van der Waals surface area contributed by atoms with Gasteiger partial charge in [0.2, 0.25) is 0 Å². The molecule has 3 saturated heterocycles. The molecule has 0 aromatic rings. The third kappa shape index (κ3) is 2.81. The highest BCUT2D eigenvalue weighted by Gasteiger charge is 2.51. The van der Waals surface area contributed by atoms with E-state index in [0.29, 0.717) is 11.6 Å². The maximum absolute atomic E-state index is 11.6. The van der Waals surface area contributed by atoms with Crippen molar-refractivity contribution in [1.29, 1.82) is 5.41 Å². The van der Waals surface area contributed by atoms with Gasteiger partial charge in [0.25, 0.3) is 0 Å². The summed E-state index contributed by atoms with van der Waals surface area (Å²) in [5, 5.41) is 8.17. The van der Waals surface area contributed by atoms with Crippen LogP contribution in [0.25, 0.3) is 0 Å². The van der Waals surface area contributed by atoms with Crippen molar-refractivity contribution in [1.82, 2.24) is 4.90 Å². The molecule has 0 amide bonds. The molecule has 3 heterocycles. The van der Waals surface area contributed by atoms with Crippen LogP contribution in [-0.4, -0.2) is 67.2 Å². The smallest absolute Gasteiger partial charge is 0.157 e. The van der Waals surface area contributed by atoms with E-state index in [1.807, 2.05) is 0 Å². The molecule has 0 aromatic carbocycles. The Morgan fingerprint density at radius 3 is 2.37 bits per heavy atom. The van der Waals surface area contributed by atoms with E-state index in [1.54, 1.807) is 4.90 Å². The molecular formula is C9H15BrN2O4S3. The van der Waals surface area contributed by atoms with Crippen LogP contribution >= 0.6 is 28.7 Å². The molecule has 0 aromatic heterocycles. The molecule has 0 bridgehead atoms. The Kier molecular flexibility index (Phi) is 4.01. The van der Waals surface area contributed by atoms with Gasteiger partial charge in [0.05, 0.1) is 29.1 Å². The predicted octanol–water partition coefficient (Wildman–Crippen LogP) is -0.0994. The van der Waals surface area contributed by atoms with Crippen LogP contribution in [0.4, 0.5) is 0 Å². The van der Waals surface area contributed by atoms with Crippen LogP contribution in [0.15, 0.2) is 0 Å². The SMILES string of the molecule is Br.N=C1SC2CS(=O)(=O)CC2N1C1CCS(=O)(=O)C1. The lowest BCUT2D eigenvalue weighted by Gasteiger charge is -2.29. The molecule has 3 rings (SSSR count). The maximum Gasteiger partial charge on any atom is 0.157 e. The molecule has 1 N–H and O–H groups in total. The number of rotatable bonds is 1. The minimum Gasteiger partial charge on any atom is -0.342 e. The molecule has 0 spiro atoms. The van der Waals surface area contributed by atoms with Crippen molar-refractivity contribution < 1.29 is 16.8 Å². The summed E-state index contributed by atoms with van der Waals surface area (Å²) in [6.45, 7) is 0. The molecule has 19 heavy (non-hydrogen) atoms. The second-order valence-electron chi connectivity index (χ2n) is 5.07. The van der Waals surface area contributed by atoms with Crippen LogP contribution in [0.3, 0.4) is 0 Å². The first-order valence-corrected chi connectivity index (χ1v) is 10.2. The zero-order chi connectivity index (χ0) is 13.1. The fourth-order valence-electron chi connectivity index (χ4n) is 2.96. The first-order valence-electron chi connectivity index (χ1n) is 5.72. The zero-order valence-electron chi connectivity index (χ0n) is 9.98. The first kappa shape index (κ1) is 15.6. The summed E-state index contributed by atoms with van der Waals surface area (Å²) in [5.74, 6) is 0.375. The Labute approximate surface area is 127 Å². The van der Waals surface area contributed by atoms with Crippen molar-refractivity contribution in [3.63, 3.8) is 0 Å². The molecule has 110 valence electrons. The van der Waals surface area contributed by atoms with Crippen LogP contribution < -0.4 is 0 Å². The lowest BCUT2D eigenvalue weighted by atomic mass is 10.1. The van der Waals surface area contributed by atoms with Crippen molar-refractivity contribution in [3.05, 3.63) is 0 Å². The summed E-state index contributed by atoms with van der Waals surface area (Å²) in [4.78, 5) is 1.74. The van der Waals surface area contributed by atoms with Gasteiger partial charge in [0.15, 0.2) is 24.8 Å². The first-order chi connectivity index (χ1) is 8.27. The van der Waals surface area contributed by atoms with Crippen molar-refractivity contribution in [3.8, 4) is 0 Å². The number of nitrogens with one attached hydrogen (secondary N) is 1. The number of fused-ring (bicyclic) bond motifs is 1. The van der Waals surface area contributed by atoms with Gasteiger partial charge in [0.1, 0.15) is 0 Å². The molecule has 3 aliphatic rings. The van der Waals surface area contributed by atoms with Crippen LogP contribution in [0.2, 0.25) is 0 Å². The highest BCUT2D eigenvalue weighted by molar-refractivity contribution is 8.93. The minimum atomic E-state index is -3.03. The minimum absolute atomic E-state index is 0. The van der Waals surface area contributed by atoms with E-state index in [1.165, 1.54) is 11.8 Å². The van der Waals surface area contributed by atoms with Gasteiger partial charge >= 0.3 is 0 Å². The van der Waals surface area contributed by atoms with Gasteiger partial charge in [-0.1, -0.05) is 11.8 Å². The van der Waals surface area contributed by atoms with E-state index in [9.17, 15) is 16.8 Å². The van der Waals surface area contributed by atoms with Gasteiger partial charge in [-0.15, -0.1) is 17.0 Å². The highest BCUT2D eigenvalue weighted by atomic mass is 79.9. The Bertz CT molecular complexity index is 603. The fourth-order valence-corrected chi connectivity index (χ4v) is 8.53. The summed E-state index contributed by atoms with van der Waals surface area (Å²) in [6.07, 6.45) is 0.508. The Morgan fingerprint density at radius 1 is 1.11 bits per heavy atom. The number of amidine groups is 1. The molecule has 10 heteroatoms. The number of nitrogens with zero attached hydrogens (tertiary/aromatic N) is 1. The average Bonchev–Trinajstić information content (AvgIpc) is 2.75. The van der Waals surface area contributed by atoms with Crippen LogP contribution in [0.1, 0.15) is 6.42 Å². The molecule has 3 unspecified atom stereocenters. The average molecular weight is 391 g/mol. The highest BCUT2D eigenvalue weighted by Crippen LogP contribution is 2.40. The third-order valence-corrected chi connectivity index (χ3v) is 8.62. The van der Waals surface area contributed by atoms with E-state index in [2.05, 4.69) is 0 Å². The van der Waals surface area contributed by atoms with E-state index < -0.39 is 19.7 Å². The molecular weight excluding hydrogens is 376 g/mol. The zero-order valence-corrected chi connectivity index (χ0v) is 14.1. The quantitative estimate of drug-likeness (QED) is 0.671. The van der Waals surface area contributed by atoms with Crippen molar-refractivity contribution in [2.45, 2.75) is 23.8 Å². The summed E-state index contributed by atoms with van der Waals surface area (Å²) in [6, 6.07) is -0.413. The lowest BCUT2D eigenvalue weighted by Crippen LogP contribution is -2.45. The predicted molar refractivity (Wildman–Crippen MR) is 80.8 cm³/mol. The van der Waals surface area contributed by atoms with Gasteiger partial charge in [-0.3, -0.25) is 5.41 Å². The number of hydrogen-bond acceptors (Lipinski definition) is 6. The molecule has 6 nitrogen and oxygen atoms in total. The van der Waals surface area contributed by atoms with E-state index >= 15 is 0 Å². The fraction of sp³-hybridized carbons (Fsp3) is 0.889. The van der Waals surface area contributed by atoms with Crippen LogP contribution in [-0.2, 0) is 19.7 Å². The van der Waals surface area contributed by atoms with Crippen molar-refractivity contribution in [2.24, 2.45) is 0 Å². The molecule has 0 aliphatic carbocycles.